The molecule has 1 atom stereocenters. The first kappa shape index (κ1) is 26.1. The Morgan fingerprint density at radius 1 is 0.941 bits per heavy atom. The Hall–Kier alpha value is -4.12. The van der Waals surface area contributed by atoms with Crippen LogP contribution in [0.15, 0.2) is 78.9 Å². The van der Waals surface area contributed by atoms with Crippen LogP contribution in [0.3, 0.4) is 0 Å². The van der Waals surface area contributed by atoms with Gasteiger partial charge in [-0.25, -0.2) is 4.79 Å². The molecule has 0 aliphatic heterocycles. The second-order valence-electron chi connectivity index (χ2n) is 6.89. The molecule has 0 aliphatic carbocycles. The van der Waals surface area contributed by atoms with Gasteiger partial charge in [-0.2, -0.15) is 11.8 Å². The van der Waals surface area contributed by atoms with Crippen molar-refractivity contribution in [2.75, 3.05) is 22.6 Å². The number of nitro benzene ring substituents is 2. The third kappa shape index (κ3) is 8.43. The fraction of sp³-hybridized carbons (Fsp3) is 0.174. The van der Waals surface area contributed by atoms with E-state index < -0.39 is 33.2 Å². The van der Waals surface area contributed by atoms with Crippen LogP contribution < -0.4 is 10.6 Å². The lowest BCUT2D eigenvalue weighted by Crippen LogP contribution is -2.30. The number of nitro groups is 2. The maximum absolute atomic E-state index is 11.1. The van der Waals surface area contributed by atoms with Crippen LogP contribution in [0.25, 0.3) is 0 Å². The second kappa shape index (κ2) is 13.4. The molecule has 178 valence electrons. The summed E-state index contributed by atoms with van der Waals surface area (Å²) in [4.78, 5) is 31.2. The van der Waals surface area contributed by atoms with E-state index in [1.54, 1.807) is 0 Å². The van der Waals surface area contributed by atoms with E-state index in [0.717, 1.165) is 29.6 Å². The van der Waals surface area contributed by atoms with Crippen molar-refractivity contribution in [3.63, 3.8) is 0 Å². The highest BCUT2D eigenvalue weighted by molar-refractivity contribution is 7.98. The van der Waals surface area contributed by atoms with Crippen molar-refractivity contribution in [3.8, 4) is 0 Å². The molecule has 0 aromatic heterocycles. The summed E-state index contributed by atoms with van der Waals surface area (Å²) in [6.07, 6.45) is 2.08. The molecule has 0 spiro atoms. The van der Waals surface area contributed by atoms with Gasteiger partial charge >= 0.3 is 5.97 Å². The van der Waals surface area contributed by atoms with Crippen LogP contribution in [0.1, 0.15) is 6.42 Å². The fourth-order valence-electron chi connectivity index (χ4n) is 2.80. The van der Waals surface area contributed by atoms with Crippen molar-refractivity contribution in [2.45, 2.75) is 12.5 Å². The molecule has 0 saturated heterocycles. The van der Waals surface area contributed by atoms with Gasteiger partial charge in [0.2, 0.25) is 0 Å². The van der Waals surface area contributed by atoms with Crippen LogP contribution in [0.4, 0.5) is 28.4 Å². The van der Waals surface area contributed by atoms with E-state index in [1.807, 2.05) is 66.9 Å². The van der Waals surface area contributed by atoms with E-state index in [-0.39, 0.29) is 12.1 Å². The molecule has 0 saturated carbocycles. The zero-order chi connectivity index (χ0) is 24.9. The predicted octanol–water partition coefficient (Wildman–Crippen LogP) is 5.55. The standard InChI is InChI=1S/C12H11N.C11H13N3O6S/c1-3-7-11(8-4-1)13-12-9-5-2-6-10-12;1-21-5-4-9(11(15)16)12-8-3-2-7(13(17)18)6-10(8)14(19)20/h1-10,13H;2-3,6,9,12H,4-5H2,1H3,(H,15,16)/t;9-/m.0/s1. The molecule has 34 heavy (non-hydrogen) atoms. The molecule has 10 nitrogen and oxygen atoms in total. The van der Waals surface area contributed by atoms with Gasteiger partial charge in [0.05, 0.1) is 15.9 Å². The van der Waals surface area contributed by atoms with E-state index in [9.17, 15) is 25.0 Å². The molecule has 0 amide bonds. The molecule has 3 N–H and O–H groups in total. The van der Waals surface area contributed by atoms with Crippen molar-refractivity contribution >= 4 is 46.2 Å². The number of hydrogen-bond acceptors (Lipinski definition) is 8. The Bertz CT molecular complexity index is 1060. The van der Waals surface area contributed by atoms with Crippen LogP contribution in [-0.2, 0) is 4.79 Å². The van der Waals surface area contributed by atoms with E-state index in [0.29, 0.717) is 5.75 Å². The highest BCUT2D eigenvalue weighted by atomic mass is 32.2. The summed E-state index contributed by atoms with van der Waals surface area (Å²) >= 11 is 1.45. The topological polar surface area (TPSA) is 148 Å². The van der Waals surface area contributed by atoms with Gasteiger partial charge in [0.25, 0.3) is 11.4 Å². The smallest absolute Gasteiger partial charge is 0.326 e. The van der Waals surface area contributed by atoms with E-state index >= 15 is 0 Å². The highest BCUT2D eigenvalue weighted by Gasteiger charge is 2.24. The predicted molar refractivity (Wildman–Crippen MR) is 134 cm³/mol. The minimum atomic E-state index is -1.14. The lowest BCUT2D eigenvalue weighted by atomic mass is 10.2. The number of carboxylic acids is 1. The van der Waals surface area contributed by atoms with Gasteiger partial charge < -0.3 is 15.7 Å². The number of thioether (sulfide) groups is 1. The molecule has 11 heteroatoms. The number of carboxylic acid groups (broad SMARTS) is 1. The maximum Gasteiger partial charge on any atom is 0.326 e. The molecule has 3 aromatic rings. The number of aliphatic carboxylic acids is 1. The summed E-state index contributed by atoms with van der Waals surface area (Å²) in [5.41, 5.74) is 1.23. The van der Waals surface area contributed by atoms with Gasteiger partial charge in [0.15, 0.2) is 0 Å². The van der Waals surface area contributed by atoms with E-state index in [1.165, 1.54) is 11.8 Å². The second-order valence-corrected chi connectivity index (χ2v) is 7.87. The Balaban J connectivity index is 0.000000266. The highest BCUT2D eigenvalue weighted by Crippen LogP contribution is 2.29. The van der Waals surface area contributed by atoms with Gasteiger partial charge in [-0.15, -0.1) is 0 Å². The van der Waals surface area contributed by atoms with Crippen molar-refractivity contribution in [3.05, 3.63) is 99.1 Å². The fourth-order valence-corrected chi connectivity index (χ4v) is 3.27. The number of anilines is 3. The van der Waals surface area contributed by atoms with Gasteiger partial charge in [-0.1, -0.05) is 36.4 Å². The third-order valence-electron chi connectivity index (χ3n) is 4.46. The minimum Gasteiger partial charge on any atom is -0.480 e. The number of rotatable bonds is 10. The summed E-state index contributed by atoms with van der Waals surface area (Å²) in [6.45, 7) is 0. The molecular formula is C23H24N4O6S. The zero-order valence-electron chi connectivity index (χ0n) is 18.3. The van der Waals surface area contributed by atoms with Gasteiger partial charge in [0, 0.05) is 17.4 Å². The largest absolute Gasteiger partial charge is 0.480 e. The molecule has 0 unspecified atom stereocenters. The zero-order valence-corrected chi connectivity index (χ0v) is 19.1. The normalized spacial score (nSPS) is 10.9. The van der Waals surface area contributed by atoms with Crippen LogP contribution in [0.2, 0.25) is 0 Å². The number of non-ortho nitro benzene ring substituents is 1. The Morgan fingerprint density at radius 2 is 1.50 bits per heavy atom. The van der Waals surface area contributed by atoms with Gasteiger partial charge in [-0.05, 0) is 48.8 Å². The number of benzene rings is 3. The summed E-state index contributed by atoms with van der Waals surface area (Å²) in [5, 5.41) is 36.5. The number of nitrogens with one attached hydrogen (secondary N) is 2. The first-order valence-electron chi connectivity index (χ1n) is 10.1. The summed E-state index contributed by atoms with van der Waals surface area (Å²) in [7, 11) is 0. The molecule has 0 fully saturated rings. The van der Waals surface area contributed by atoms with Crippen molar-refractivity contribution < 1.29 is 19.7 Å². The van der Waals surface area contributed by atoms with Gasteiger partial charge in [0.1, 0.15) is 11.7 Å². The number of para-hydroxylation sites is 2. The Morgan fingerprint density at radius 3 is 1.94 bits per heavy atom. The van der Waals surface area contributed by atoms with Crippen LogP contribution in [-0.4, -0.2) is 39.0 Å². The minimum absolute atomic E-state index is 0.0564. The first-order valence-corrected chi connectivity index (χ1v) is 11.5. The maximum atomic E-state index is 11.1. The molecule has 3 rings (SSSR count). The van der Waals surface area contributed by atoms with E-state index in [4.69, 9.17) is 5.11 Å². The van der Waals surface area contributed by atoms with Crippen LogP contribution in [0.5, 0.6) is 0 Å². The van der Waals surface area contributed by atoms with Crippen molar-refractivity contribution in [2.24, 2.45) is 0 Å². The average Bonchev–Trinajstić information content (AvgIpc) is 2.83. The van der Waals surface area contributed by atoms with Crippen molar-refractivity contribution in [1.82, 2.24) is 0 Å². The van der Waals surface area contributed by atoms with E-state index in [2.05, 4.69) is 10.6 Å². The van der Waals surface area contributed by atoms with Gasteiger partial charge in [-0.3, -0.25) is 20.2 Å². The third-order valence-corrected chi connectivity index (χ3v) is 5.11. The quantitative estimate of drug-likeness (QED) is 0.249. The SMILES string of the molecule is CSCC[C@H](Nc1ccc([N+](=O)[O-])cc1[N+](=O)[O-])C(=O)O.c1ccc(Nc2ccccc2)cc1. The van der Waals surface area contributed by atoms with Crippen molar-refractivity contribution in [1.29, 1.82) is 0 Å². The summed E-state index contributed by atoms with van der Waals surface area (Å²) in [6, 6.07) is 22.3. The molecular weight excluding hydrogens is 460 g/mol. The van der Waals surface area contributed by atoms with Crippen LogP contribution in [0, 0.1) is 20.2 Å². The summed E-state index contributed by atoms with van der Waals surface area (Å²) < 4.78 is 0. The lowest BCUT2D eigenvalue weighted by Gasteiger charge is -2.15. The molecule has 0 heterocycles. The molecule has 0 aliphatic rings. The lowest BCUT2D eigenvalue weighted by molar-refractivity contribution is -0.393. The molecule has 0 radical (unpaired) electrons. The number of hydrogen-bond donors (Lipinski definition) is 3. The van der Waals surface area contributed by atoms with Crippen LogP contribution >= 0.6 is 11.8 Å². The number of nitrogens with zero attached hydrogens (tertiary/aromatic N) is 2. The monoisotopic (exact) mass is 484 g/mol. The summed E-state index contributed by atoms with van der Waals surface area (Å²) in [5.74, 6) is -0.582. The molecule has 3 aromatic carbocycles. The first-order chi connectivity index (χ1) is 16.3. The Labute approximate surface area is 200 Å². The molecule has 0 bridgehead atoms. The Kier molecular flexibility index (Phi) is 10.3. The number of carbonyl (C=O) groups is 1. The average molecular weight is 485 g/mol.